The first-order valence-electron chi connectivity index (χ1n) is 4.32. The number of alkyl halides is 2. The largest absolute Gasteiger partial charge is 0.328 e. The summed E-state index contributed by atoms with van der Waals surface area (Å²) in [6.07, 6.45) is -1.74. The normalized spacial score (nSPS) is 13.3. The van der Waals surface area contributed by atoms with Crippen LogP contribution in [0.5, 0.6) is 0 Å². The molecule has 1 aromatic carbocycles. The van der Waals surface area contributed by atoms with Gasteiger partial charge in [0.05, 0.1) is 0 Å². The van der Waals surface area contributed by atoms with Crippen LogP contribution in [0, 0.1) is 0 Å². The van der Waals surface area contributed by atoms with Gasteiger partial charge in [-0.15, -0.1) is 0 Å². The minimum atomic E-state index is -2.44. The van der Waals surface area contributed by atoms with Crippen molar-refractivity contribution in [1.29, 1.82) is 0 Å². The fourth-order valence-corrected chi connectivity index (χ4v) is 1.85. The molecule has 0 amide bonds. The summed E-state index contributed by atoms with van der Waals surface area (Å²) in [4.78, 5) is 0. The highest BCUT2D eigenvalue weighted by Gasteiger charge is 2.11. The molecule has 0 aromatic heterocycles. The number of halogens is 3. The Morgan fingerprint density at radius 3 is 2.50 bits per heavy atom. The third-order valence-corrected chi connectivity index (χ3v) is 2.54. The van der Waals surface area contributed by atoms with Gasteiger partial charge in [0.15, 0.2) is 0 Å². The Morgan fingerprint density at radius 1 is 1.43 bits per heavy atom. The van der Waals surface area contributed by atoms with Gasteiger partial charge in [-0.05, 0) is 25.0 Å². The van der Waals surface area contributed by atoms with Crippen molar-refractivity contribution >= 4 is 15.9 Å². The summed E-state index contributed by atoms with van der Waals surface area (Å²) in [5.41, 5.74) is 6.60. The summed E-state index contributed by atoms with van der Waals surface area (Å²) in [5, 5.41) is 0. The second kappa shape index (κ2) is 4.84. The number of hydrogen-bond donors (Lipinski definition) is 1. The average molecular weight is 264 g/mol. The molecule has 4 heteroatoms. The van der Waals surface area contributed by atoms with Crippen molar-refractivity contribution in [2.45, 2.75) is 25.8 Å². The van der Waals surface area contributed by atoms with E-state index in [1.807, 2.05) is 6.92 Å². The molecule has 0 bridgehead atoms. The van der Waals surface area contributed by atoms with Crippen molar-refractivity contribution in [2.24, 2.45) is 5.73 Å². The first-order chi connectivity index (χ1) is 6.50. The van der Waals surface area contributed by atoms with Crippen molar-refractivity contribution in [1.82, 2.24) is 0 Å². The fourth-order valence-electron chi connectivity index (χ4n) is 1.25. The van der Waals surface area contributed by atoms with Crippen molar-refractivity contribution in [3.05, 3.63) is 33.8 Å². The van der Waals surface area contributed by atoms with Gasteiger partial charge in [-0.1, -0.05) is 28.1 Å². The summed E-state index contributed by atoms with van der Waals surface area (Å²) >= 11 is 3.12. The molecule has 0 fully saturated rings. The van der Waals surface area contributed by atoms with Gasteiger partial charge in [-0.2, -0.15) is 0 Å². The maximum atomic E-state index is 12.4. The lowest BCUT2D eigenvalue weighted by atomic mass is 10.1. The molecule has 0 aliphatic rings. The van der Waals surface area contributed by atoms with Crippen LogP contribution in [0.25, 0.3) is 0 Å². The molecule has 1 rings (SSSR count). The molecule has 2 N–H and O–H groups in total. The van der Waals surface area contributed by atoms with Crippen LogP contribution in [-0.2, 0) is 6.42 Å². The summed E-state index contributed by atoms with van der Waals surface area (Å²) in [7, 11) is 0. The minimum Gasteiger partial charge on any atom is -0.328 e. The third-order valence-electron chi connectivity index (χ3n) is 1.86. The Hall–Kier alpha value is -0.480. The van der Waals surface area contributed by atoms with Gasteiger partial charge < -0.3 is 5.73 Å². The van der Waals surface area contributed by atoms with Crippen LogP contribution < -0.4 is 5.73 Å². The van der Waals surface area contributed by atoms with Gasteiger partial charge in [0, 0.05) is 16.1 Å². The lowest BCUT2D eigenvalue weighted by Crippen LogP contribution is -2.17. The van der Waals surface area contributed by atoms with E-state index in [0.29, 0.717) is 10.9 Å². The highest BCUT2D eigenvalue weighted by molar-refractivity contribution is 9.10. The van der Waals surface area contributed by atoms with Gasteiger partial charge in [-0.3, -0.25) is 0 Å². The fraction of sp³-hybridized carbons (Fsp3) is 0.400. The first kappa shape index (κ1) is 11.6. The molecule has 78 valence electrons. The Kier molecular flexibility index (Phi) is 4.01. The molecular weight excluding hydrogens is 252 g/mol. The molecule has 0 spiro atoms. The minimum absolute atomic E-state index is 0.0263. The van der Waals surface area contributed by atoms with Crippen molar-refractivity contribution in [3.63, 3.8) is 0 Å². The highest BCUT2D eigenvalue weighted by atomic mass is 79.9. The summed E-state index contributed by atoms with van der Waals surface area (Å²) < 4.78 is 25.2. The Bertz CT molecular complexity index is 313. The van der Waals surface area contributed by atoms with E-state index < -0.39 is 6.43 Å². The Labute approximate surface area is 90.4 Å². The molecule has 1 unspecified atom stereocenters. The van der Waals surface area contributed by atoms with Crippen LogP contribution in [0.15, 0.2) is 22.7 Å². The molecule has 14 heavy (non-hydrogen) atoms. The lowest BCUT2D eigenvalue weighted by molar-refractivity contribution is 0.150. The van der Waals surface area contributed by atoms with Crippen molar-refractivity contribution in [2.75, 3.05) is 0 Å². The number of nitrogens with two attached hydrogens (primary N) is 1. The van der Waals surface area contributed by atoms with Gasteiger partial charge in [0.1, 0.15) is 0 Å². The predicted octanol–water partition coefficient (Wildman–Crippen LogP) is 3.28. The second-order valence-corrected chi connectivity index (χ2v) is 4.19. The van der Waals surface area contributed by atoms with E-state index in [9.17, 15) is 8.78 Å². The van der Waals surface area contributed by atoms with E-state index in [1.54, 1.807) is 12.1 Å². The maximum absolute atomic E-state index is 12.4. The SMILES string of the molecule is CC(N)Cc1ccc(C(F)F)c(Br)c1. The third kappa shape index (κ3) is 3.03. The number of rotatable bonds is 3. The molecule has 0 saturated heterocycles. The summed E-state index contributed by atoms with van der Waals surface area (Å²) in [6.45, 7) is 1.88. The Balaban J connectivity index is 2.89. The van der Waals surface area contributed by atoms with Crippen LogP contribution in [0.2, 0.25) is 0 Å². The molecule has 1 nitrogen and oxygen atoms in total. The monoisotopic (exact) mass is 263 g/mol. The van der Waals surface area contributed by atoms with E-state index in [4.69, 9.17) is 5.73 Å². The van der Waals surface area contributed by atoms with Gasteiger partial charge in [-0.25, -0.2) is 8.78 Å². The first-order valence-corrected chi connectivity index (χ1v) is 5.12. The van der Waals surface area contributed by atoms with Crippen LogP contribution in [-0.4, -0.2) is 6.04 Å². The lowest BCUT2D eigenvalue weighted by Gasteiger charge is -2.08. The molecule has 0 saturated carbocycles. The van der Waals surface area contributed by atoms with Crippen LogP contribution in [0.4, 0.5) is 8.78 Å². The number of hydrogen-bond acceptors (Lipinski definition) is 1. The molecular formula is C10H12BrF2N. The van der Waals surface area contributed by atoms with Gasteiger partial charge in [0.25, 0.3) is 6.43 Å². The molecule has 1 atom stereocenters. The number of benzene rings is 1. The topological polar surface area (TPSA) is 26.0 Å². The standard InChI is InChI=1S/C10H12BrF2N/c1-6(14)4-7-2-3-8(10(12)13)9(11)5-7/h2-3,5-6,10H,4,14H2,1H3. The van der Waals surface area contributed by atoms with E-state index in [-0.39, 0.29) is 11.6 Å². The van der Waals surface area contributed by atoms with Crippen molar-refractivity contribution < 1.29 is 8.78 Å². The zero-order chi connectivity index (χ0) is 10.7. The zero-order valence-electron chi connectivity index (χ0n) is 7.81. The van der Waals surface area contributed by atoms with Gasteiger partial charge in [0.2, 0.25) is 0 Å². The summed E-state index contributed by atoms with van der Waals surface area (Å²) in [5.74, 6) is 0. The highest BCUT2D eigenvalue weighted by Crippen LogP contribution is 2.28. The molecule has 1 aromatic rings. The van der Waals surface area contributed by atoms with Crippen LogP contribution in [0.1, 0.15) is 24.5 Å². The second-order valence-electron chi connectivity index (χ2n) is 3.34. The Morgan fingerprint density at radius 2 is 2.07 bits per heavy atom. The maximum Gasteiger partial charge on any atom is 0.264 e. The van der Waals surface area contributed by atoms with E-state index in [1.165, 1.54) is 6.07 Å². The quantitative estimate of drug-likeness (QED) is 0.890. The van der Waals surface area contributed by atoms with E-state index >= 15 is 0 Å². The summed E-state index contributed by atoms with van der Waals surface area (Å²) in [6, 6.07) is 4.87. The zero-order valence-corrected chi connectivity index (χ0v) is 9.39. The molecule has 0 aliphatic carbocycles. The van der Waals surface area contributed by atoms with Crippen LogP contribution in [0.3, 0.4) is 0 Å². The van der Waals surface area contributed by atoms with Gasteiger partial charge >= 0.3 is 0 Å². The molecule has 0 radical (unpaired) electrons. The molecule has 0 heterocycles. The smallest absolute Gasteiger partial charge is 0.264 e. The van der Waals surface area contributed by atoms with Crippen molar-refractivity contribution in [3.8, 4) is 0 Å². The van der Waals surface area contributed by atoms with E-state index in [0.717, 1.165) is 5.56 Å². The van der Waals surface area contributed by atoms with Crippen LogP contribution >= 0.6 is 15.9 Å². The predicted molar refractivity (Wildman–Crippen MR) is 56.5 cm³/mol. The molecule has 0 aliphatic heterocycles. The average Bonchev–Trinajstić information content (AvgIpc) is 2.01. The van der Waals surface area contributed by atoms with E-state index in [2.05, 4.69) is 15.9 Å².